The van der Waals surface area contributed by atoms with Crippen molar-refractivity contribution < 1.29 is 27.5 Å². The number of H-pyrrole nitrogens is 1. The van der Waals surface area contributed by atoms with Crippen LogP contribution in [0.5, 0.6) is 0 Å². The predicted octanol–water partition coefficient (Wildman–Crippen LogP) is 1.78. The lowest BCUT2D eigenvalue weighted by molar-refractivity contribution is -0.162. The number of aromatic nitrogens is 2. The number of rotatable bonds is 4. The average molecular weight is 422 g/mol. The van der Waals surface area contributed by atoms with Gasteiger partial charge in [0.25, 0.3) is 5.91 Å². The first kappa shape index (κ1) is 21.0. The van der Waals surface area contributed by atoms with Crippen LogP contribution in [0, 0.1) is 11.3 Å². The standard InChI is InChI=1S/C18H17F3N6O3/c19-18(20,21)10-30-17(29)27-3-1-26(2-4-27)13-6-14-12(5-11(7-22)15(23)28)8-24-16(14)25-9-13/h5-6,8-9H,1-4,10H2,(H2,23,28)(H,24,25)/b11-5+. The summed E-state index contributed by atoms with van der Waals surface area (Å²) in [6.45, 7) is -0.501. The molecule has 0 aliphatic carbocycles. The molecule has 2 aromatic heterocycles. The summed E-state index contributed by atoms with van der Waals surface area (Å²) in [6, 6.07) is 3.54. The highest BCUT2D eigenvalue weighted by Gasteiger charge is 2.31. The number of nitriles is 1. The molecular formula is C18H17F3N6O3. The molecule has 0 bridgehead atoms. The topological polar surface area (TPSA) is 128 Å². The summed E-state index contributed by atoms with van der Waals surface area (Å²) in [5.74, 6) is -0.843. The third-order valence-corrected chi connectivity index (χ3v) is 4.50. The summed E-state index contributed by atoms with van der Waals surface area (Å²) in [7, 11) is 0. The van der Waals surface area contributed by atoms with Gasteiger partial charge in [-0.25, -0.2) is 9.78 Å². The second-order valence-electron chi connectivity index (χ2n) is 6.51. The maximum absolute atomic E-state index is 12.2. The van der Waals surface area contributed by atoms with Gasteiger partial charge in [-0.2, -0.15) is 18.4 Å². The van der Waals surface area contributed by atoms with Crippen LogP contribution in [0.25, 0.3) is 17.1 Å². The maximum atomic E-state index is 12.2. The van der Waals surface area contributed by atoms with Gasteiger partial charge in [0.05, 0.1) is 11.9 Å². The van der Waals surface area contributed by atoms with Gasteiger partial charge in [-0.15, -0.1) is 0 Å². The number of piperazine rings is 1. The number of nitrogens with two attached hydrogens (primary N) is 1. The Labute approximate surface area is 168 Å². The number of fused-ring (bicyclic) bond motifs is 1. The van der Waals surface area contributed by atoms with Crippen LogP contribution in [-0.4, -0.2) is 65.8 Å². The number of alkyl halides is 3. The third kappa shape index (κ3) is 4.80. The molecule has 1 fully saturated rings. The number of carbonyl (C=O) groups is 2. The van der Waals surface area contributed by atoms with E-state index in [1.165, 1.54) is 11.0 Å². The highest BCUT2D eigenvalue weighted by molar-refractivity contribution is 6.03. The van der Waals surface area contributed by atoms with Crippen LogP contribution in [0.15, 0.2) is 24.0 Å². The van der Waals surface area contributed by atoms with Gasteiger partial charge in [0, 0.05) is 43.3 Å². The SMILES string of the molecule is N#C/C(=C\c1c[nH]c2ncc(N3CCN(C(=O)OCC(F)(F)F)CC3)cc12)C(N)=O. The van der Waals surface area contributed by atoms with Gasteiger partial charge in [-0.05, 0) is 12.1 Å². The fourth-order valence-corrected chi connectivity index (χ4v) is 3.00. The number of halogens is 3. The van der Waals surface area contributed by atoms with E-state index in [9.17, 15) is 22.8 Å². The molecule has 9 nitrogen and oxygen atoms in total. The van der Waals surface area contributed by atoms with Crippen LogP contribution < -0.4 is 10.6 Å². The molecule has 0 aromatic carbocycles. The minimum Gasteiger partial charge on any atom is -0.440 e. The quantitative estimate of drug-likeness (QED) is 0.571. The molecule has 0 radical (unpaired) electrons. The number of anilines is 1. The number of amides is 2. The molecule has 2 amide bonds. The molecule has 1 aliphatic heterocycles. The van der Waals surface area contributed by atoms with Gasteiger partial charge in [0.1, 0.15) is 17.3 Å². The highest BCUT2D eigenvalue weighted by atomic mass is 19.4. The Morgan fingerprint density at radius 1 is 1.33 bits per heavy atom. The number of nitrogens with zero attached hydrogens (tertiary/aromatic N) is 4. The number of carbonyl (C=O) groups excluding carboxylic acids is 2. The Bertz CT molecular complexity index is 1030. The number of ether oxygens (including phenoxy) is 1. The fraction of sp³-hybridized carbons (Fsp3) is 0.333. The van der Waals surface area contributed by atoms with Gasteiger partial charge in [-0.3, -0.25) is 4.79 Å². The lowest BCUT2D eigenvalue weighted by atomic mass is 10.1. The lowest BCUT2D eigenvalue weighted by Crippen LogP contribution is -2.49. The van der Waals surface area contributed by atoms with E-state index in [4.69, 9.17) is 11.0 Å². The zero-order valence-electron chi connectivity index (χ0n) is 15.6. The lowest BCUT2D eigenvalue weighted by Gasteiger charge is -2.35. The number of pyridine rings is 1. The minimum atomic E-state index is -4.57. The molecule has 0 saturated carbocycles. The molecular weight excluding hydrogens is 405 g/mol. The molecule has 3 N–H and O–H groups in total. The molecule has 1 aliphatic rings. The predicted molar refractivity (Wildman–Crippen MR) is 100 cm³/mol. The van der Waals surface area contributed by atoms with Crippen LogP contribution in [-0.2, 0) is 9.53 Å². The molecule has 0 unspecified atom stereocenters. The van der Waals surface area contributed by atoms with Gasteiger partial charge in [0.15, 0.2) is 6.61 Å². The Balaban J connectivity index is 1.71. The summed E-state index contributed by atoms with van der Waals surface area (Å²) < 4.78 is 40.8. The third-order valence-electron chi connectivity index (χ3n) is 4.50. The van der Waals surface area contributed by atoms with Crippen molar-refractivity contribution in [2.75, 3.05) is 37.7 Å². The number of hydrogen-bond donors (Lipinski definition) is 2. The van der Waals surface area contributed by atoms with Crippen LogP contribution in [0.2, 0.25) is 0 Å². The van der Waals surface area contributed by atoms with E-state index in [1.54, 1.807) is 24.5 Å². The molecule has 12 heteroatoms. The van der Waals surface area contributed by atoms with Crippen molar-refractivity contribution in [3.05, 3.63) is 29.6 Å². The molecule has 1 saturated heterocycles. The summed E-state index contributed by atoms with van der Waals surface area (Å²) in [5.41, 5.74) is 6.79. The van der Waals surface area contributed by atoms with Crippen molar-refractivity contribution >= 4 is 34.8 Å². The van der Waals surface area contributed by atoms with E-state index in [0.717, 1.165) is 5.69 Å². The highest BCUT2D eigenvalue weighted by Crippen LogP contribution is 2.25. The Kier molecular flexibility index (Phi) is 5.81. The van der Waals surface area contributed by atoms with Crippen molar-refractivity contribution in [2.24, 2.45) is 5.73 Å². The monoisotopic (exact) mass is 422 g/mol. The fourth-order valence-electron chi connectivity index (χ4n) is 3.00. The van der Waals surface area contributed by atoms with Gasteiger partial charge < -0.3 is 25.3 Å². The van der Waals surface area contributed by atoms with Gasteiger partial charge in [0.2, 0.25) is 0 Å². The number of hydrogen-bond acceptors (Lipinski definition) is 6. The molecule has 3 rings (SSSR count). The van der Waals surface area contributed by atoms with Crippen molar-refractivity contribution in [3.63, 3.8) is 0 Å². The minimum absolute atomic E-state index is 0.189. The molecule has 30 heavy (non-hydrogen) atoms. The van der Waals surface area contributed by atoms with Crippen LogP contribution >= 0.6 is 0 Å². The Morgan fingerprint density at radius 2 is 2.03 bits per heavy atom. The normalized spacial score (nSPS) is 15.2. The smallest absolute Gasteiger partial charge is 0.422 e. The van der Waals surface area contributed by atoms with Crippen LogP contribution in [0.3, 0.4) is 0 Å². The summed E-state index contributed by atoms with van der Waals surface area (Å²) >= 11 is 0. The number of aromatic amines is 1. The zero-order valence-corrected chi connectivity index (χ0v) is 15.6. The van der Waals surface area contributed by atoms with E-state index in [1.807, 2.05) is 4.90 Å². The first-order valence-electron chi connectivity index (χ1n) is 8.80. The Hall–Kier alpha value is -3.75. The summed E-state index contributed by atoms with van der Waals surface area (Å²) in [6.07, 6.45) is -1.00. The summed E-state index contributed by atoms with van der Waals surface area (Å²) in [4.78, 5) is 33.4. The second-order valence-corrected chi connectivity index (χ2v) is 6.51. The average Bonchev–Trinajstić information content (AvgIpc) is 3.11. The molecule has 3 heterocycles. The molecule has 2 aromatic rings. The summed E-state index contributed by atoms with van der Waals surface area (Å²) in [5, 5.41) is 9.68. The van der Waals surface area contributed by atoms with Crippen molar-refractivity contribution in [1.82, 2.24) is 14.9 Å². The van der Waals surface area contributed by atoms with Gasteiger partial charge >= 0.3 is 12.3 Å². The van der Waals surface area contributed by atoms with Crippen molar-refractivity contribution in [3.8, 4) is 6.07 Å². The zero-order chi connectivity index (χ0) is 21.9. The van der Waals surface area contributed by atoms with Crippen molar-refractivity contribution in [1.29, 1.82) is 5.26 Å². The first-order chi connectivity index (χ1) is 14.2. The van der Waals surface area contributed by atoms with Gasteiger partial charge in [-0.1, -0.05) is 0 Å². The largest absolute Gasteiger partial charge is 0.440 e. The van der Waals surface area contributed by atoms with E-state index >= 15 is 0 Å². The van der Waals surface area contributed by atoms with Crippen molar-refractivity contribution in [2.45, 2.75) is 6.18 Å². The molecule has 158 valence electrons. The molecule has 0 atom stereocenters. The number of primary amides is 1. The number of nitrogens with one attached hydrogen (secondary N) is 1. The Morgan fingerprint density at radius 3 is 2.63 bits per heavy atom. The van der Waals surface area contributed by atoms with E-state index in [0.29, 0.717) is 29.7 Å². The van der Waals surface area contributed by atoms with Crippen LogP contribution in [0.4, 0.5) is 23.7 Å². The van der Waals surface area contributed by atoms with E-state index in [2.05, 4.69) is 14.7 Å². The van der Waals surface area contributed by atoms with Crippen LogP contribution in [0.1, 0.15) is 5.56 Å². The maximum Gasteiger partial charge on any atom is 0.422 e. The first-order valence-corrected chi connectivity index (χ1v) is 8.80. The second kappa shape index (κ2) is 8.32. The molecule has 0 spiro atoms. The van der Waals surface area contributed by atoms with E-state index < -0.39 is 24.8 Å². The van der Waals surface area contributed by atoms with E-state index in [-0.39, 0.29) is 18.7 Å².